The summed E-state index contributed by atoms with van der Waals surface area (Å²) in [5.41, 5.74) is 3.42. The summed E-state index contributed by atoms with van der Waals surface area (Å²) >= 11 is 0. The first-order valence-electron chi connectivity index (χ1n) is 9.62. The van der Waals surface area contributed by atoms with E-state index < -0.39 is 18.5 Å². The Morgan fingerprint density at radius 2 is 1.81 bits per heavy atom. The molecule has 0 aliphatic carbocycles. The molecule has 8 heteroatoms. The van der Waals surface area contributed by atoms with E-state index in [2.05, 4.69) is 15.6 Å². The highest BCUT2D eigenvalue weighted by Gasteiger charge is 2.21. The molecule has 4 aromatic rings. The number of benzene rings is 2. The fourth-order valence-corrected chi connectivity index (χ4v) is 2.98. The minimum absolute atomic E-state index is 0.260. The van der Waals surface area contributed by atoms with Crippen LogP contribution in [0.5, 0.6) is 0 Å². The second-order valence-electron chi connectivity index (χ2n) is 6.98. The number of rotatable bonds is 6. The van der Waals surface area contributed by atoms with E-state index >= 15 is 0 Å². The number of esters is 1. The molecule has 0 bridgehead atoms. The average molecular weight is 416 g/mol. The second kappa shape index (κ2) is 8.66. The van der Waals surface area contributed by atoms with Gasteiger partial charge in [-0.1, -0.05) is 53.2 Å². The number of amides is 1. The number of carbonyl (C=O) groups excluding carboxylic acids is 2. The molecule has 31 heavy (non-hydrogen) atoms. The third-order valence-electron chi connectivity index (χ3n) is 4.51. The number of anilines is 1. The summed E-state index contributed by atoms with van der Waals surface area (Å²) < 4.78 is 11.8. The smallest absolute Gasteiger partial charge is 0.342 e. The van der Waals surface area contributed by atoms with Crippen LogP contribution in [0.25, 0.3) is 16.9 Å². The molecule has 4 rings (SSSR count). The lowest BCUT2D eigenvalue weighted by Gasteiger charge is -2.05. The lowest BCUT2D eigenvalue weighted by Crippen LogP contribution is -2.21. The fourth-order valence-electron chi connectivity index (χ4n) is 2.98. The molecule has 1 amide bonds. The molecule has 0 aliphatic heterocycles. The van der Waals surface area contributed by atoms with E-state index in [1.54, 1.807) is 23.9 Å². The number of nitrogens with one attached hydrogen (secondary N) is 1. The van der Waals surface area contributed by atoms with Crippen molar-refractivity contribution >= 4 is 17.7 Å². The van der Waals surface area contributed by atoms with Crippen LogP contribution in [-0.4, -0.2) is 33.4 Å². The van der Waals surface area contributed by atoms with E-state index in [9.17, 15) is 9.59 Å². The number of carbonyl (C=O) groups is 2. The van der Waals surface area contributed by atoms with Crippen molar-refractivity contribution in [3.05, 3.63) is 83.7 Å². The van der Waals surface area contributed by atoms with Crippen molar-refractivity contribution in [2.75, 3.05) is 11.9 Å². The van der Waals surface area contributed by atoms with Gasteiger partial charge in [0.15, 0.2) is 12.4 Å². The zero-order valence-corrected chi connectivity index (χ0v) is 17.0. The molecule has 1 N–H and O–H groups in total. The molecule has 0 fully saturated rings. The topological polar surface area (TPSA) is 99.2 Å². The second-order valence-corrected chi connectivity index (χ2v) is 6.98. The van der Waals surface area contributed by atoms with Crippen molar-refractivity contribution in [2.24, 2.45) is 0 Å². The highest BCUT2D eigenvalue weighted by Crippen LogP contribution is 2.24. The van der Waals surface area contributed by atoms with Gasteiger partial charge >= 0.3 is 5.97 Å². The summed E-state index contributed by atoms with van der Waals surface area (Å²) in [7, 11) is 0. The molecule has 0 atom stereocenters. The molecular weight excluding hydrogens is 396 g/mol. The van der Waals surface area contributed by atoms with Gasteiger partial charge < -0.3 is 14.6 Å². The normalized spacial score (nSPS) is 10.6. The fraction of sp³-hybridized carbons (Fsp3) is 0.130. The van der Waals surface area contributed by atoms with Gasteiger partial charge in [0.05, 0.1) is 5.69 Å². The first-order chi connectivity index (χ1) is 15.0. The van der Waals surface area contributed by atoms with Crippen LogP contribution in [0.15, 0.2) is 71.4 Å². The molecule has 8 nitrogen and oxygen atoms in total. The van der Waals surface area contributed by atoms with Gasteiger partial charge in [-0.25, -0.2) is 9.48 Å². The summed E-state index contributed by atoms with van der Waals surface area (Å²) in [4.78, 5) is 24.9. The number of hydrogen-bond acceptors (Lipinski definition) is 6. The van der Waals surface area contributed by atoms with Gasteiger partial charge in [0.2, 0.25) is 0 Å². The molecule has 2 aromatic heterocycles. The minimum atomic E-state index is -0.649. The molecule has 2 aromatic carbocycles. The predicted octanol–water partition coefficient (Wildman–Crippen LogP) is 3.94. The Morgan fingerprint density at radius 3 is 2.48 bits per heavy atom. The van der Waals surface area contributed by atoms with Crippen molar-refractivity contribution in [2.45, 2.75) is 13.8 Å². The molecule has 0 aliphatic rings. The minimum Gasteiger partial charge on any atom is -0.452 e. The van der Waals surface area contributed by atoms with Gasteiger partial charge in [0.25, 0.3) is 5.91 Å². The van der Waals surface area contributed by atoms with Crippen LogP contribution in [0.1, 0.15) is 21.7 Å². The van der Waals surface area contributed by atoms with Crippen LogP contribution in [-0.2, 0) is 9.53 Å². The first-order valence-corrected chi connectivity index (χ1v) is 9.62. The van der Waals surface area contributed by atoms with Gasteiger partial charge in [0.1, 0.15) is 17.0 Å². The van der Waals surface area contributed by atoms with Gasteiger partial charge in [-0.2, -0.15) is 5.10 Å². The molecule has 0 unspecified atom stereocenters. The maximum absolute atomic E-state index is 12.8. The number of hydrogen-bond donors (Lipinski definition) is 1. The van der Waals surface area contributed by atoms with Crippen LogP contribution in [0, 0.1) is 13.8 Å². The molecule has 2 heterocycles. The standard InChI is InChI=1S/C23H20N4O4/c1-15-8-10-18(11-9-15)27-13-19(22(25-27)17-6-4-3-5-7-17)23(29)30-14-21(28)24-20-12-16(2)31-26-20/h3-13H,14H2,1-2H3,(H,24,26,28). The predicted molar refractivity (Wildman–Crippen MR) is 114 cm³/mol. The number of aromatic nitrogens is 3. The lowest BCUT2D eigenvalue weighted by atomic mass is 10.1. The number of nitrogens with zero attached hydrogens (tertiary/aromatic N) is 3. The molecule has 0 radical (unpaired) electrons. The maximum Gasteiger partial charge on any atom is 0.342 e. The lowest BCUT2D eigenvalue weighted by molar-refractivity contribution is -0.119. The monoisotopic (exact) mass is 416 g/mol. The van der Waals surface area contributed by atoms with Crippen molar-refractivity contribution in [3.8, 4) is 16.9 Å². The summed E-state index contributed by atoms with van der Waals surface area (Å²) in [5, 5.41) is 10.8. The third-order valence-corrected chi connectivity index (χ3v) is 4.51. The SMILES string of the molecule is Cc1ccc(-n2cc(C(=O)OCC(=O)Nc3cc(C)on3)c(-c3ccccc3)n2)cc1. The van der Waals surface area contributed by atoms with Crippen molar-refractivity contribution in [1.29, 1.82) is 0 Å². The van der Waals surface area contributed by atoms with E-state index in [0.29, 0.717) is 11.5 Å². The van der Waals surface area contributed by atoms with Gasteiger partial charge in [-0.15, -0.1) is 0 Å². The van der Waals surface area contributed by atoms with Crippen molar-refractivity contribution < 1.29 is 18.8 Å². The maximum atomic E-state index is 12.8. The van der Waals surface area contributed by atoms with E-state index in [1.165, 1.54) is 0 Å². The van der Waals surface area contributed by atoms with Crippen LogP contribution >= 0.6 is 0 Å². The molecular formula is C23H20N4O4. The average Bonchev–Trinajstić information content (AvgIpc) is 3.40. The van der Waals surface area contributed by atoms with Crippen molar-refractivity contribution in [1.82, 2.24) is 14.9 Å². The first kappa shape index (κ1) is 20.1. The highest BCUT2D eigenvalue weighted by molar-refractivity contribution is 5.98. The number of aryl methyl sites for hydroxylation is 2. The van der Waals surface area contributed by atoms with E-state index in [0.717, 1.165) is 16.8 Å². The molecule has 156 valence electrons. The van der Waals surface area contributed by atoms with E-state index in [1.807, 2.05) is 61.5 Å². The van der Waals surface area contributed by atoms with E-state index in [4.69, 9.17) is 9.26 Å². The zero-order chi connectivity index (χ0) is 21.8. The summed E-state index contributed by atoms with van der Waals surface area (Å²) in [6.45, 7) is 3.24. The molecule has 0 saturated carbocycles. The van der Waals surface area contributed by atoms with Crippen LogP contribution in [0.4, 0.5) is 5.82 Å². The van der Waals surface area contributed by atoms with Crippen LogP contribution < -0.4 is 5.32 Å². The zero-order valence-electron chi connectivity index (χ0n) is 17.0. The third kappa shape index (κ3) is 4.69. The Bertz CT molecular complexity index is 1210. The summed E-state index contributed by atoms with van der Waals surface area (Å²) in [5.74, 6) is -0.350. The Morgan fingerprint density at radius 1 is 1.06 bits per heavy atom. The van der Waals surface area contributed by atoms with E-state index in [-0.39, 0.29) is 11.4 Å². The van der Waals surface area contributed by atoms with Crippen LogP contribution in [0.2, 0.25) is 0 Å². The van der Waals surface area contributed by atoms with Crippen LogP contribution in [0.3, 0.4) is 0 Å². The highest BCUT2D eigenvalue weighted by atomic mass is 16.5. The Hall–Kier alpha value is -4.20. The Kier molecular flexibility index (Phi) is 5.61. The van der Waals surface area contributed by atoms with Gasteiger partial charge in [-0.05, 0) is 26.0 Å². The quantitative estimate of drug-likeness (QED) is 0.478. The molecule has 0 saturated heterocycles. The largest absolute Gasteiger partial charge is 0.452 e. The van der Waals surface area contributed by atoms with Gasteiger partial charge in [-0.3, -0.25) is 4.79 Å². The summed E-state index contributed by atoms with van der Waals surface area (Å²) in [6, 6.07) is 18.7. The van der Waals surface area contributed by atoms with Gasteiger partial charge in [0, 0.05) is 17.8 Å². The van der Waals surface area contributed by atoms with Crippen molar-refractivity contribution in [3.63, 3.8) is 0 Å². The number of ether oxygens (including phenoxy) is 1. The molecule has 0 spiro atoms. The Balaban J connectivity index is 1.56. The summed E-state index contributed by atoms with van der Waals surface area (Å²) in [6.07, 6.45) is 1.61. The Labute approximate surface area is 178 Å².